The minimum Gasteiger partial charge on any atom is -0.491 e. The lowest BCUT2D eigenvalue weighted by molar-refractivity contribution is -0.121. The Labute approximate surface area is 131 Å². The first-order valence-electron chi connectivity index (χ1n) is 7.54. The maximum atomic E-state index is 11.5. The Bertz CT molecular complexity index is 489. The summed E-state index contributed by atoms with van der Waals surface area (Å²) in [6, 6.07) is 6.25. The zero-order valence-corrected chi connectivity index (χ0v) is 13.2. The fourth-order valence-electron chi connectivity index (χ4n) is 2.02. The molecule has 1 aromatic rings. The van der Waals surface area contributed by atoms with E-state index in [9.17, 15) is 4.79 Å². The van der Waals surface area contributed by atoms with Crippen molar-refractivity contribution >= 4 is 17.5 Å². The highest BCUT2D eigenvalue weighted by Gasteiger charge is 2.22. The lowest BCUT2D eigenvalue weighted by Gasteiger charge is -2.12. The Morgan fingerprint density at radius 2 is 2.29 bits per heavy atom. The summed E-state index contributed by atoms with van der Waals surface area (Å²) in [4.78, 5) is 11.5. The van der Waals surface area contributed by atoms with Crippen molar-refractivity contribution < 1.29 is 9.53 Å². The summed E-state index contributed by atoms with van der Waals surface area (Å²) in [6.45, 7) is 2.41. The van der Waals surface area contributed by atoms with E-state index in [4.69, 9.17) is 22.1 Å². The first-order chi connectivity index (χ1) is 10.1. The molecule has 1 unspecified atom stereocenters. The molecular weight excluding hydrogens is 288 g/mol. The van der Waals surface area contributed by atoms with Crippen molar-refractivity contribution in [2.75, 3.05) is 6.61 Å². The molecule has 4 nitrogen and oxygen atoms in total. The predicted molar refractivity (Wildman–Crippen MR) is 84.7 cm³/mol. The van der Waals surface area contributed by atoms with E-state index in [-0.39, 0.29) is 11.9 Å². The van der Waals surface area contributed by atoms with Crippen LogP contribution in [0.3, 0.4) is 0 Å². The van der Waals surface area contributed by atoms with E-state index in [0.717, 1.165) is 31.2 Å². The highest BCUT2D eigenvalue weighted by molar-refractivity contribution is 6.32. The predicted octanol–water partition coefficient (Wildman–Crippen LogP) is 2.67. The summed E-state index contributed by atoms with van der Waals surface area (Å²) in [7, 11) is 0. The highest BCUT2D eigenvalue weighted by atomic mass is 35.5. The second kappa shape index (κ2) is 7.66. The summed E-state index contributed by atoms with van der Waals surface area (Å²) < 4.78 is 5.57. The average Bonchev–Trinajstić information content (AvgIpc) is 3.25. The van der Waals surface area contributed by atoms with Gasteiger partial charge in [-0.2, -0.15) is 0 Å². The monoisotopic (exact) mass is 310 g/mol. The number of hydrogen-bond acceptors (Lipinski definition) is 3. The number of carbonyl (C=O) groups is 1. The molecule has 0 heterocycles. The molecule has 1 fully saturated rings. The van der Waals surface area contributed by atoms with E-state index in [1.807, 2.05) is 18.2 Å². The minimum atomic E-state index is 0.0409. The molecule has 1 saturated carbocycles. The molecule has 116 valence electrons. The number of nitrogens with two attached hydrogens (primary N) is 1. The maximum absolute atomic E-state index is 11.5. The SMILES string of the molecule is CCC(N)Cc1ccc(OCCC(=O)NC2CC2)c(Cl)c1. The van der Waals surface area contributed by atoms with Gasteiger partial charge in [-0.05, 0) is 43.4 Å². The van der Waals surface area contributed by atoms with Crippen molar-refractivity contribution in [2.45, 2.75) is 51.1 Å². The number of nitrogens with one attached hydrogen (secondary N) is 1. The second-order valence-corrected chi connectivity index (χ2v) is 5.98. The van der Waals surface area contributed by atoms with Crippen LogP contribution in [0.5, 0.6) is 5.75 Å². The van der Waals surface area contributed by atoms with Gasteiger partial charge in [0.05, 0.1) is 18.1 Å². The van der Waals surface area contributed by atoms with Crippen molar-refractivity contribution in [3.05, 3.63) is 28.8 Å². The maximum Gasteiger partial charge on any atom is 0.223 e. The molecule has 1 aromatic carbocycles. The molecular formula is C16H23ClN2O2. The standard InChI is InChI=1S/C16H23ClN2O2/c1-2-12(18)9-11-3-6-15(14(17)10-11)21-8-7-16(20)19-13-4-5-13/h3,6,10,12-13H,2,4-5,7-9,18H2,1H3,(H,19,20). The number of hydrogen-bond donors (Lipinski definition) is 2. The van der Waals surface area contributed by atoms with Crippen LogP contribution in [0.1, 0.15) is 38.2 Å². The molecule has 0 spiro atoms. The summed E-state index contributed by atoms with van der Waals surface area (Å²) >= 11 is 6.20. The minimum absolute atomic E-state index is 0.0409. The Morgan fingerprint density at radius 1 is 1.52 bits per heavy atom. The molecule has 0 saturated heterocycles. The van der Waals surface area contributed by atoms with Crippen LogP contribution in [0.25, 0.3) is 0 Å². The van der Waals surface area contributed by atoms with Gasteiger partial charge >= 0.3 is 0 Å². The second-order valence-electron chi connectivity index (χ2n) is 5.58. The van der Waals surface area contributed by atoms with Crippen molar-refractivity contribution in [3.63, 3.8) is 0 Å². The summed E-state index contributed by atoms with van der Waals surface area (Å²) in [5, 5.41) is 3.49. The van der Waals surface area contributed by atoms with Crippen molar-refractivity contribution in [3.8, 4) is 5.75 Å². The normalized spacial score (nSPS) is 15.6. The quantitative estimate of drug-likeness (QED) is 0.776. The van der Waals surface area contributed by atoms with Gasteiger partial charge in [0.25, 0.3) is 0 Å². The van der Waals surface area contributed by atoms with Crippen LogP contribution in [0, 0.1) is 0 Å². The fraction of sp³-hybridized carbons (Fsp3) is 0.562. The average molecular weight is 311 g/mol. The van der Waals surface area contributed by atoms with Crippen LogP contribution in [-0.2, 0) is 11.2 Å². The molecule has 0 aromatic heterocycles. The molecule has 0 radical (unpaired) electrons. The molecule has 1 aliphatic rings. The number of rotatable bonds is 8. The van der Waals surface area contributed by atoms with Crippen LogP contribution in [0.2, 0.25) is 5.02 Å². The van der Waals surface area contributed by atoms with Crippen LogP contribution in [-0.4, -0.2) is 24.6 Å². The molecule has 21 heavy (non-hydrogen) atoms. The first kappa shape index (κ1) is 16.1. The van der Waals surface area contributed by atoms with Gasteiger partial charge in [0, 0.05) is 12.1 Å². The van der Waals surface area contributed by atoms with E-state index >= 15 is 0 Å². The molecule has 5 heteroatoms. The van der Waals surface area contributed by atoms with E-state index in [1.165, 1.54) is 0 Å². The van der Waals surface area contributed by atoms with Crippen LogP contribution in [0.4, 0.5) is 0 Å². The molecule has 1 aliphatic carbocycles. The molecule has 1 atom stereocenters. The van der Waals surface area contributed by atoms with Crippen molar-refractivity contribution in [2.24, 2.45) is 5.73 Å². The lowest BCUT2D eigenvalue weighted by Crippen LogP contribution is -2.26. The topological polar surface area (TPSA) is 64.3 Å². The number of benzene rings is 1. The molecule has 1 amide bonds. The summed E-state index contributed by atoms with van der Waals surface area (Å²) in [6.07, 6.45) is 4.29. The van der Waals surface area contributed by atoms with Gasteiger partial charge in [0.2, 0.25) is 5.91 Å². The largest absolute Gasteiger partial charge is 0.491 e. The van der Waals surface area contributed by atoms with Crippen LogP contribution in [0.15, 0.2) is 18.2 Å². The number of halogens is 1. The first-order valence-corrected chi connectivity index (χ1v) is 7.92. The zero-order chi connectivity index (χ0) is 15.2. The van der Waals surface area contributed by atoms with Gasteiger partial charge in [0.15, 0.2) is 0 Å². The van der Waals surface area contributed by atoms with Gasteiger partial charge in [-0.1, -0.05) is 24.6 Å². The van der Waals surface area contributed by atoms with E-state index in [2.05, 4.69) is 12.2 Å². The lowest BCUT2D eigenvalue weighted by atomic mass is 10.0. The van der Waals surface area contributed by atoms with Crippen molar-refractivity contribution in [1.82, 2.24) is 5.32 Å². The molecule has 3 N–H and O–H groups in total. The van der Waals surface area contributed by atoms with Gasteiger partial charge in [-0.15, -0.1) is 0 Å². The van der Waals surface area contributed by atoms with Gasteiger partial charge in [-0.3, -0.25) is 4.79 Å². The van der Waals surface area contributed by atoms with Gasteiger partial charge < -0.3 is 15.8 Å². The smallest absolute Gasteiger partial charge is 0.223 e. The third-order valence-electron chi connectivity index (χ3n) is 3.55. The Kier molecular flexibility index (Phi) is 5.88. The third-order valence-corrected chi connectivity index (χ3v) is 3.84. The van der Waals surface area contributed by atoms with E-state index in [0.29, 0.717) is 29.8 Å². The van der Waals surface area contributed by atoms with Gasteiger partial charge in [0.1, 0.15) is 5.75 Å². The fourth-order valence-corrected chi connectivity index (χ4v) is 2.27. The third kappa shape index (κ3) is 5.56. The van der Waals surface area contributed by atoms with E-state index in [1.54, 1.807) is 0 Å². The number of carbonyl (C=O) groups excluding carboxylic acids is 1. The molecule has 0 bridgehead atoms. The summed E-state index contributed by atoms with van der Waals surface area (Å²) in [5.74, 6) is 0.656. The zero-order valence-electron chi connectivity index (χ0n) is 12.4. The Morgan fingerprint density at radius 3 is 2.90 bits per heavy atom. The number of ether oxygens (including phenoxy) is 1. The summed E-state index contributed by atoms with van der Waals surface area (Å²) in [5.41, 5.74) is 7.04. The highest BCUT2D eigenvalue weighted by Crippen LogP contribution is 2.26. The van der Waals surface area contributed by atoms with Gasteiger partial charge in [-0.25, -0.2) is 0 Å². The molecule has 2 rings (SSSR count). The van der Waals surface area contributed by atoms with E-state index < -0.39 is 0 Å². The number of amides is 1. The van der Waals surface area contributed by atoms with Crippen molar-refractivity contribution in [1.29, 1.82) is 0 Å². The van der Waals surface area contributed by atoms with Crippen LogP contribution >= 0.6 is 11.6 Å². The van der Waals surface area contributed by atoms with Crippen LogP contribution < -0.4 is 15.8 Å². The Hall–Kier alpha value is -1.26. The Balaban J connectivity index is 1.78. The molecule has 0 aliphatic heterocycles.